The second-order valence-electron chi connectivity index (χ2n) is 13.2. The van der Waals surface area contributed by atoms with E-state index in [9.17, 15) is 9.90 Å². The topological polar surface area (TPSA) is 108 Å². The Morgan fingerprint density at radius 3 is 2.34 bits per heavy atom. The number of aromatic carboxylic acids is 1. The van der Waals surface area contributed by atoms with Gasteiger partial charge in [-0.3, -0.25) is 4.98 Å². The molecular formula is C34H33Cl2N3O5. The highest BCUT2D eigenvalue weighted by Crippen LogP contribution is 2.55. The van der Waals surface area contributed by atoms with E-state index in [0.717, 1.165) is 92.2 Å². The lowest BCUT2D eigenvalue weighted by atomic mass is 9.59. The van der Waals surface area contributed by atoms with Crippen molar-refractivity contribution in [3.8, 4) is 17.0 Å². The first kappa shape index (κ1) is 28.3. The van der Waals surface area contributed by atoms with E-state index in [1.807, 2.05) is 18.2 Å². The van der Waals surface area contributed by atoms with Crippen LogP contribution in [0.1, 0.15) is 103 Å². The zero-order chi connectivity index (χ0) is 30.1. The molecule has 9 rings (SSSR count). The summed E-state index contributed by atoms with van der Waals surface area (Å²) in [6.45, 7) is 1.08. The van der Waals surface area contributed by atoms with Gasteiger partial charge in [-0.25, -0.2) is 9.78 Å². The second kappa shape index (κ2) is 10.7. The summed E-state index contributed by atoms with van der Waals surface area (Å²) < 4.78 is 19.1. The van der Waals surface area contributed by atoms with Crippen LogP contribution in [0.4, 0.5) is 0 Å². The van der Waals surface area contributed by atoms with Crippen LogP contribution in [-0.4, -0.2) is 38.4 Å². The van der Waals surface area contributed by atoms with Crippen LogP contribution in [0.5, 0.6) is 5.75 Å². The molecule has 0 amide bonds. The molecule has 5 aliphatic rings. The summed E-state index contributed by atoms with van der Waals surface area (Å²) in [5.41, 5.74) is 4.11. The fourth-order valence-electron chi connectivity index (χ4n) is 7.25. The molecule has 2 bridgehead atoms. The number of fused-ring (bicyclic) bond motifs is 4. The first-order chi connectivity index (χ1) is 21.3. The van der Waals surface area contributed by atoms with E-state index in [4.69, 9.17) is 37.2 Å². The smallest absolute Gasteiger partial charge is 0.354 e. The average molecular weight is 635 g/mol. The predicted octanol–water partition coefficient (Wildman–Crippen LogP) is 8.73. The van der Waals surface area contributed by atoms with Crippen LogP contribution in [0.25, 0.3) is 22.2 Å². The van der Waals surface area contributed by atoms with Crippen molar-refractivity contribution in [2.45, 2.75) is 88.3 Å². The van der Waals surface area contributed by atoms with Crippen molar-refractivity contribution in [3.63, 3.8) is 0 Å². The van der Waals surface area contributed by atoms with Crippen molar-refractivity contribution < 1.29 is 23.9 Å². The summed E-state index contributed by atoms with van der Waals surface area (Å²) in [5, 5.41) is 15.8. The third-order valence-electron chi connectivity index (χ3n) is 10.3. The molecule has 0 atom stereocenters. The first-order valence-electron chi connectivity index (χ1n) is 15.5. The molecule has 1 N–H and O–H groups in total. The van der Waals surface area contributed by atoms with Gasteiger partial charge in [-0.2, -0.15) is 0 Å². The van der Waals surface area contributed by atoms with Gasteiger partial charge in [0.1, 0.15) is 22.9 Å². The number of pyridine rings is 2. The van der Waals surface area contributed by atoms with Crippen LogP contribution in [0.2, 0.25) is 10.0 Å². The van der Waals surface area contributed by atoms with E-state index < -0.39 is 5.97 Å². The van der Waals surface area contributed by atoms with Crippen LogP contribution < -0.4 is 4.74 Å². The van der Waals surface area contributed by atoms with Crippen LogP contribution in [0, 0.1) is 5.41 Å². The summed E-state index contributed by atoms with van der Waals surface area (Å²) in [4.78, 5) is 20.1. The Morgan fingerprint density at radius 1 is 0.977 bits per heavy atom. The molecule has 228 valence electrons. The highest BCUT2D eigenvalue weighted by Gasteiger charge is 2.50. The number of rotatable bonds is 10. The van der Waals surface area contributed by atoms with Gasteiger partial charge in [-0.1, -0.05) is 28.4 Å². The van der Waals surface area contributed by atoms with Gasteiger partial charge in [0.15, 0.2) is 0 Å². The number of carbonyl (C=O) groups is 1. The zero-order valence-electron chi connectivity index (χ0n) is 24.3. The normalized spacial score (nSPS) is 24.6. The number of hydrogen-bond donors (Lipinski definition) is 1. The Labute approximate surface area is 265 Å². The molecule has 1 aromatic carbocycles. The van der Waals surface area contributed by atoms with Crippen molar-refractivity contribution in [1.29, 1.82) is 0 Å². The number of hydrogen-bond acceptors (Lipinski definition) is 7. The monoisotopic (exact) mass is 633 g/mol. The van der Waals surface area contributed by atoms with Gasteiger partial charge in [0.05, 0.1) is 34.4 Å². The van der Waals surface area contributed by atoms with Gasteiger partial charge in [-0.05, 0) is 100.0 Å². The van der Waals surface area contributed by atoms with E-state index in [1.54, 1.807) is 18.5 Å². The Balaban J connectivity index is 0.953. The molecule has 3 aromatic heterocycles. The van der Waals surface area contributed by atoms with Crippen molar-refractivity contribution in [2.24, 2.45) is 5.41 Å². The molecule has 5 saturated carbocycles. The van der Waals surface area contributed by atoms with Gasteiger partial charge in [-0.15, -0.1) is 0 Å². The third kappa shape index (κ3) is 5.15. The summed E-state index contributed by atoms with van der Waals surface area (Å²) >= 11 is 13.0. The van der Waals surface area contributed by atoms with Gasteiger partial charge in [0.25, 0.3) is 0 Å². The molecule has 5 aliphatic carbocycles. The molecular weight excluding hydrogens is 601 g/mol. The minimum atomic E-state index is -0.990. The van der Waals surface area contributed by atoms with E-state index in [1.165, 1.54) is 0 Å². The lowest BCUT2D eigenvalue weighted by Gasteiger charge is -2.52. The molecule has 44 heavy (non-hydrogen) atoms. The number of ether oxygens (including phenoxy) is 2. The highest BCUT2D eigenvalue weighted by atomic mass is 35.5. The lowest BCUT2D eigenvalue weighted by molar-refractivity contribution is -0.150. The van der Waals surface area contributed by atoms with E-state index in [0.29, 0.717) is 51.9 Å². The Hall–Kier alpha value is -3.20. The molecule has 0 aliphatic heterocycles. The maximum Gasteiger partial charge on any atom is 0.354 e. The summed E-state index contributed by atoms with van der Waals surface area (Å²) in [5.74, 6) is 1.50. The Kier molecular flexibility index (Phi) is 6.88. The first-order valence-corrected chi connectivity index (χ1v) is 16.3. The molecule has 3 heterocycles. The summed E-state index contributed by atoms with van der Waals surface area (Å²) in [7, 11) is 0. The van der Waals surface area contributed by atoms with E-state index in [-0.39, 0.29) is 16.7 Å². The van der Waals surface area contributed by atoms with Crippen LogP contribution >= 0.6 is 23.2 Å². The number of carboxylic acids is 1. The Morgan fingerprint density at radius 2 is 1.68 bits per heavy atom. The van der Waals surface area contributed by atoms with Gasteiger partial charge < -0.3 is 19.1 Å². The fourth-order valence-corrected chi connectivity index (χ4v) is 7.79. The molecule has 0 saturated heterocycles. The fraction of sp³-hybridized carbons (Fsp3) is 0.471. The maximum atomic E-state index is 11.6. The number of halogens is 2. The summed E-state index contributed by atoms with van der Waals surface area (Å²) in [6.07, 6.45) is 13.6. The number of benzene rings is 1. The number of aromatic nitrogens is 3. The third-order valence-corrected chi connectivity index (χ3v) is 10.9. The average Bonchev–Trinajstić information content (AvgIpc) is 3.98. The standard InChI is InChI=1S/C34H33Cl2N3O5/c35-25-15-37-16-26(36)29(25)30-24(31(44-39-30)20-3-4-20)17-43-34-10-7-33(8-11-34,9-12-34)18-42-21-5-6-27-23(13-21)22(19-1-2-19)14-28(38-27)32(40)41/h5-6,13-16,19-20H,1-4,7-12,17-18H2,(H,40,41). The van der Waals surface area contributed by atoms with Crippen molar-refractivity contribution >= 4 is 40.1 Å². The van der Waals surface area contributed by atoms with Crippen molar-refractivity contribution in [2.75, 3.05) is 6.61 Å². The lowest BCUT2D eigenvalue weighted by Crippen LogP contribution is -2.49. The highest BCUT2D eigenvalue weighted by molar-refractivity contribution is 6.38. The molecule has 8 nitrogen and oxygen atoms in total. The Bertz CT molecular complexity index is 1740. The number of nitrogens with zero attached hydrogens (tertiary/aromatic N) is 3. The molecule has 0 unspecified atom stereocenters. The molecule has 10 heteroatoms. The number of carboxylic acid groups (broad SMARTS) is 1. The minimum Gasteiger partial charge on any atom is -0.493 e. The molecule has 0 spiro atoms. The van der Waals surface area contributed by atoms with Crippen molar-refractivity contribution in [1.82, 2.24) is 15.1 Å². The van der Waals surface area contributed by atoms with Crippen LogP contribution in [0.3, 0.4) is 0 Å². The predicted molar refractivity (Wildman–Crippen MR) is 166 cm³/mol. The van der Waals surface area contributed by atoms with Crippen molar-refractivity contribution in [3.05, 3.63) is 69.3 Å². The molecule has 0 radical (unpaired) electrons. The quantitative estimate of drug-likeness (QED) is 0.185. The molecule has 4 aromatic rings. The molecule has 5 fully saturated rings. The SMILES string of the molecule is O=C(O)c1cc(C2CC2)c2cc(OCC34CCC(OCc5c(-c6c(Cl)cncc6Cl)noc5C5CC5)(CC3)CC4)ccc2n1. The minimum absolute atomic E-state index is 0.107. The van der Waals surface area contributed by atoms with Crippen LogP contribution in [-0.2, 0) is 11.3 Å². The van der Waals surface area contributed by atoms with Gasteiger partial charge in [0, 0.05) is 40.2 Å². The second-order valence-corrected chi connectivity index (χ2v) is 14.1. The maximum absolute atomic E-state index is 11.6. The van der Waals surface area contributed by atoms with E-state index >= 15 is 0 Å². The zero-order valence-corrected chi connectivity index (χ0v) is 25.8. The van der Waals surface area contributed by atoms with Gasteiger partial charge >= 0.3 is 5.97 Å². The summed E-state index contributed by atoms with van der Waals surface area (Å²) in [6, 6.07) is 7.60. The van der Waals surface area contributed by atoms with E-state index in [2.05, 4.69) is 15.1 Å². The largest absolute Gasteiger partial charge is 0.493 e. The van der Waals surface area contributed by atoms with Gasteiger partial charge in [0.2, 0.25) is 0 Å². The van der Waals surface area contributed by atoms with Crippen LogP contribution in [0.15, 0.2) is 41.2 Å².